The fourth-order valence-corrected chi connectivity index (χ4v) is 5.51. The summed E-state index contributed by atoms with van der Waals surface area (Å²) in [6, 6.07) is 11.9. The number of aromatic nitrogens is 2. The number of rotatable bonds is 7. The second-order valence-electron chi connectivity index (χ2n) is 7.42. The van der Waals surface area contributed by atoms with Gasteiger partial charge in [-0.05, 0) is 24.5 Å². The molecule has 0 saturated heterocycles. The van der Waals surface area contributed by atoms with Crippen LogP contribution in [0.15, 0.2) is 52.3 Å². The van der Waals surface area contributed by atoms with E-state index in [1.54, 1.807) is 11.8 Å². The molecule has 0 spiro atoms. The van der Waals surface area contributed by atoms with Crippen molar-refractivity contribution in [2.24, 2.45) is 0 Å². The summed E-state index contributed by atoms with van der Waals surface area (Å²) in [6.45, 7) is -0.431. The predicted octanol–water partition coefficient (Wildman–Crippen LogP) is 2.37. The molecule has 10 heteroatoms. The van der Waals surface area contributed by atoms with Gasteiger partial charge in [-0.1, -0.05) is 12.1 Å². The minimum atomic E-state index is -1.24. The third-order valence-electron chi connectivity index (χ3n) is 5.38. The molecule has 1 amide bonds. The molecule has 0 radical (unpaired) electrons. The van der Waals surface area contributed by atoms with Crippen molar-refractivity contribution in [1.29, 1.82) is 0 Å². The number of pyridine rings is 2. The lowest BCUT2D eigenvalue weighted by atomic mass is 10.1. The van der Waals surface area contributed by atoms with Gasteiger partial charge in [0.2, 0.25) is 5.69 Å². The highest BCUT2D eigenvalue weighted by Crippen LogP contribution is 2.36. The van der Waals surface area contributed by atoms with Crippen LogP contribution in [0.25, 0.3) is 11.3 Å². The topological polar surface area (TPSA) is 123 Å². The zero-order valence-corrected chi connectivity index (χ0v) is 19.4. The highest BCUT2D eigenvalue weighted by molar-refractivity contribution is 7.98. The van der Waals surface area contributed by atoms with Crippen LogP contribution in [0.2, 0.25) is 0 Å². The molecule has 8 nitrogen and oxygen atoms in total. The number of hydrogen-bond acceptors (Lipinski definition) is 6. The molecule has 170 valence electrons. The molecule has 0 fully saturated rings. The van der Waals surface area contributed by atoms with E-state index in [1.807, 2.05) is 42.8 Å². The lowest BCUT2D eigenvalue weighted by molar-refractivity contribution is -0.365. The van der Waals surface area contributed by atoms with Gasteiger partial charge in [0.1, 0.15) is 17.9 Å². The highest BCUT2D eigenvalue weighted by atomic mass is 32.2. The van der Waals surface area contributed by atoms with Crippen LogP contribution in [0.5, 0.6) is 5.75 Å². The van der Waals surface area contributed by atoms with Gasteiger partial charge >= 0.3 is 5.97 Å². The number of carboxylic acids is 1. The van der Waals surface area contributed by atoms with Crippen molar-refractivity contribution >= 4 is 35.4 Å². The Hall–Kier alpha value is -3.24. The summed E-state index contributed by atoms with van der Waals surface area (Å²) in [5.41, 5.74) is 2.98. The largest absolute Gasteiger partial charge is 0.507 e. The molecule has 4 rings (SSSR count). The van der Waals surface area contributed by atoms with E-state index in [9.17, 15) is 19.5 Å². The monoisotopic (exact) mass is 484 g/mol. The molecule has 3 aromatic rings. The molecule has 0 atom stereocenters. The van der Waals surface area contributed by atoms with Gasteiger partial charge in [-0.15, -0.1) is 11.8 Å². The number of carbonyl (C=O) groups is 2. The number of nitrogens with zero attached hydrogens (tertiary/aromatic N) is 1. The molecule has 0 aliphatic carbocycles. The Labute approximate surface area is 198 Å². The van der Waals surface area contributed by atoms with Gasteiger partial charge in [0, 0.05) is 39.3 Å². The molecule has 1 aliphatic rings. The van der Waals surface area contributed by atoms with Crippen molar-refractivity contribution in [3.63, 3.8) is 0 Å². The van der Waals surface area contributed by atoms with Crippen molar-refractivity contribution < 1.29 is 24.8 Å². The van der Waals surface area contributed by atoms with Crippen molar-refractivity contribution in [2.75, 3.05) is 12.8 Å². The van der Waals surface area contributed by atoms with Gasteiger partial charge in [0.05, 0.1) is 12.1 Å². The van der Waals surface area contributed by atoms with E-state index in [1.165, 1.54) is 16.3 Å². The molecular formula is C23H22N3O5S2+. The summed E-state index contributed by atoms with van der Waals surface area (Å²) >= 11 is 3.20. The maximum Gasteiger partial charge on any atom is 0.322 e. The van der Waals surface area contributed by atoms with E-state index in [0.717, 1.165) is 21.7 Å². The minimum Gasteiger partial charge on any atom is -0.507 e. The molecule has 1 aromatic carbocycles. The third-order valence-corrected chi connectivity index (χ3v) is 7.15. The lowest BCUT2D eigenvalue weighted by Crippen LogP contribution is -2.37. The number of aromatic amines is 1. The van der Waals surface area contributed by atoms with Gasteiger partial charge in [-0.3, -0.25) is 14.4 Å². The normalized spacial score (nSPS) is 12.4. The summed E-state index contributed by atoms with van der Waals surface area (Å²) in [5.74, 6) is -1.49. The van der Waals surface area contributed by atoms with Crippen LogP contribution in [-0.2, 0) is 22.8 Å². The number of aromatic hydroxyl groups is 1. The molecule has 3 heterocycles. The molecule has 4 N–H and O–H groups in total. The Kier molecular flexibility index (Phi) is 6.75. The quantitative estimate of drug-likeness (QED) is 0.440. The Morgan fingerprint density at radius 2 is 2.00 bits per heavy atom. The standard InChI is InChI=1S/C23H21N3O5S2/c1-32-18-5-3-2-4-14(18)16-7-6-13(8-24-16)10-26-17-12-33-11-15(17)21(29)20(23(26)31)22(30)25-9-19(27)28/h2-8,29H,9-12H2,1H3,(H,25,30)(H,27,28)/p+1. The maximum atomic E-state index is 13.2. The van der Waals surface area contributed by atoms with Crippen LogP contribution in [0.4, 0.5) is 0 Å². The van der Waals surface area contributed by atoms with Gasteiger partial charge in [0.25, 0.3) is 11.5 Å². The molecule has 0 saturated carbocycles. The van der Waals surface area contributed by atoms with E-state index >= 15 is 0 Å². The first-order valence-corrected chi connectivity index (χ1v) is 12.5. The summed E-state index contributed by atoms with van der Waals surface area (Å²) in [5, 5.41) is 21.6. The first-order valence-electron chi connectivity index (χ1n) is 10.1. The number of H-pyrrole nitrogens is 1. The molecule has 0 unspecified atom stereocenters. The molecule has 2 aromatic heterocycles. The van der Waals surface area contributed by atoms with Crippen molar-refractivity contribution in [2.45, 2.75) is 22.9 Å². The number of hydrogen-bond donors (Lipinski definition) is 3. The number of thioether (sulfide) groups is 2. The van der Waals surface area contributed by atoms with E-state index in [2.05, 4.69) is 16.4 Å². The lowest BCUT2D eigenvalue weighted by Gasteiger charge is -2.15. The Balaban J connectivity index is 1.69. The second kappa shape index (κ2) is 9.72. The summed E-state index contributed by atoms with van der Waals surface area (Å²) < 4.78 is 1.49. The fraction of sp³-hybridized carbons (Fsp3) is 0.217. The Morgan fingerprint density at radius 1 is 1.21 bits per heavy atom. The number of amides is 1. The van der Waals surface area contributed by atoms with Crippen LogP contribution < -0.4 is 15.9 Å². The van der Waals surface area contributed by atoms with E-state index in [4.69, 9.17) is 5.11 Å². The first kappa shape index (κ1) is 22.9. The van der Waals surface area contributed by atoms with E-state index in [-0.39, 0.29) is 12.3 Å². The number of aliphatic carboxylic acids is 1. The number of nitrogens with one attached hydrogen (secondary N) is 2. The molecule has 1 aliphatic heterocycles. The number of carbonyl (C=O) groups excluding carboxylic acids is 1. The SMILES string of the molecule is CSc1ccccc1-c1ccc(Cn2c3c(c(O)c(C(=O)NCC(=O)O)c2=O)CSC3)c[nH+]1. The smallest absolute Gasteiger partial charge is 0.322 e. The van der Waals surface area contributed by atoms with Gasteiger partial charge in [-0.2, -0.15) is 11.8 Å². The van der Waals surface area contributed by atoms with Crippen LogP contribution in [-0.4, -0.2) is 39.5 Å². The average Bonchev–Trinajstić information content (AvgIpc) is 3.31. The summed E-state index contributed by atoms with van der Waals surface area (Å²) in [4.78, 5) is 40.9. The fourth-order valence-electron chi connectivity index (χ4n) is 3.76. The Bertz CT molecular complexity index is 1290. The van der Waals surface area contributed by atoms with Gasteiger partial charge < -0.3 is 20.1 Å². The third kappa shape index (κ3) is 4.62. The minimum absolute atomic E-state index is 0.210. The summed E-state index contributed by atoms with van der Waals surface area (Å²) in [7, 11) is 0. The first-order chi connectivity index (χ1) is 15.9. The zero-order valence-electron chi connectivity index (χ0n) is 17.8. The molecular weight excluding hydrogens is 462 g/mol. The van der Waals surface area contributed by atoms with Crippen molar-refractivity contribution in [1.82, 2.24) is 9.88 Å². The van der Waals surface area contributed by atoms with E-state index < -0.39 is 29.5 Å². The van der Waals surface area contributed by atoms with Crippen LogP contribution in [0, 0.1) is 0 Å². The average molecular weight is 485 g/mol. The number of carboxylic acid groups (broad SMARTS) is 1. The Morgan fingerprint density at radius 3 is 2.70 bits per heavy atom. The van der Waals surface area contributed by atoms with Gasteiger partial charge in [0.15, 0.2) is 6.20 Å². The molecule has 0 bridgehead atoms. The maximum absolute atomic E-state index is 13.2. The number of benzene rings is 1. The molecule has 33 heavy (non-hydrogen) atoms. The van der Waals surface area contributed by atoms with Crippen molar-refractivity contribution in [3.8, 4) is 17.0 Å². The van der Waals surface area contributed by atoms with Crippen LogP contribution in [0.3, 0.4) is 0 Å². The van der Waals surface area contributed by atoms with Crippen LogP contribution >= 0.6 is 23.5 Å². The summed E-state index contributed by atoms with van der Waals surface area (Å²) in [6.07, 6.45) is 3.84. The number of fused-ring (bicyclic) bond motifs is 1. The second-order valence-corrected chi connectivity index (χ2v) is 9.25. The predicted molar refractivity (Wildman–Crippen MR) is 127 cm³/mol. The van der Waals surface area contributed by atoms with Crippen LogP contribution in [0.1, 0.15) is 27.2 Å². The van der Waals surface area contributed by atoms with E-state index in [0.29, 0.717) is 22.8 Å². The van der Waals surface area contributed by atoms with Gasteiger partial charge in [-0.25, -0.2) is 4.98 Å². The van der Waals surface area contributed by atoms with Crippen molar-refractivity contribution in [3.05, 3.63) is 75.3 Å². The highest BCUT2D eigenvalue weighted by Gasteiger charge is 2.29. The zero-order chi connectivity index (χ0) is 23.5.